The fourth-order valence-electron chi connectivity index (χ4n) is 2.63. The first kappa shape index (κ1) is 18.6. The Bertz CT molecular complexity index is 800. The number of hydrogen-bond donors (Lipinski definition) is 1. The summed E-state index contributed by atoms with van der Waals surface area (Å²) in [5.74, 6) is -3.36. The van der Waals surface area contributed by atoms with E-state index in [4.69, 9.17) is 14.2 Å². The molecule has 1 aromatic heterocycles. The molecule has 0 bridgehead atoms. The molecule has 0 saturated carbocycles. The summed E-state index contributed by atoms with van der Waals surface area (Å²) >= 11 is 0. The lowest BCUT2D eigenvalue weighted by Crippen LogP contribution is -2.38. The average molecular weight is 356 g/mol. The zero-order valence-corrected chi connectivity index (χ0v) is 13.6. The van der Waals surface area contributed by atoms with Gasteiger partial charge in [0.05, 0.1) is 5.92 Å². The van der Waals surface area contributed by atoms with E-state index in [0.717, 1.165) is 23.8 Å². The maximum Gasteiger partial charge on any atom is 0.330 e. The van der Waals surface area contributed by atoms with Crippen LogP contribution in [0, 0.1) is 5.92 Å². The van der Waals surface area contributed by atoms with E-state index >= 15 is 0 Å². The molecular formula is C15H17FN2O7. The molecule has 1 aromatic rings. The summed E-state index contributed by atoms with van der Waals surface area (Å²) < 4.78 is 30.5. The van der Waals surface area contributed by atoms with Crippen LogP contribution < -0.4 is 11.2 Å². The highest BCUT2D eigenvalue weighted by molar-refractivity contribution is 5.66. The number of rotatable bonds is 5. The number of H-pyrrole nitrogens is 1. The fourth-order valence-corrected chi connectivity index (χ4v) is 2.63. The molecule has 2 heterocycles. The predicted molar refractivity (Wildman–Crippen MR) is 81.2 cm³/mol. The first-order valence-electron chi connectivity index (χ1n) is 7.32. The molecule has 4 unspecified atom stereocenters. The standard InChI is InChI=1S/C15H17FN2O7/c1-7(16)12-10(6-23-8(2)19)25-14(13(12)24-9(3)20)18-5-4-11(21)17-15(18)22/h4-5,10,12-14H,1,6H2,2-3H3,(H,17,21,22). The van der Waals surface area contributed by atoms with E-state index in [1.807, 2.05) is 4.98 Å². The molecule has 2 rings (SSSR count). The minimum atomic E-state index is -1.24. The van der Waals surface area contributed by atoms with Crippen LogP contribution in [0.15, 0.2) is 34.3 Å². The summed E-state index contributed by atoms with van der Waals surface area (Å²) in [4.78, 5) is 47.6. The van der Waals surface area contributed by atoms with Crippen molar-refractivity contribution in [3.8, 4) is 0 Å². The van der Waals surface area contributed by atoms with Crippen LogP contribution in [0.2, 0.25) is 0 Å². The van der Waals surface area contributed by atoms with Crippen molar-refractivity contribution in [1.29, 1.82) is 0 Å². The molecule has 9 nitrogen and oxygen atoms in total. The van der Waals surface area contributed by atoms with Gasteiger partial charge in [-0.05, 0) is 0 Å². The van der Waals surface area contributed by atoms with Crippen molar-refractivity contribution >= 4 is 11.9 Å². The average Bonchev–Trinajstić information content (AvgIpc) is 2.82. The molecule has 0 radical (unpaired) electrons. The van der Waals surface area contributed by atoms with Crippen LogP contribution in [0.4, 0.5) is 4.39 Å². The molecule has 1 fully saturated rings. The molecule has 1 aliphatic heterocycles. The third-order valence-corrected chi connectivity index (χ3v) is 3.59. The molecule has 1 N–H and O–H groups in total. The van der Waals surface area contributed by atoms with Crippen molar-refractivity contribution < 1.29 is 28.2 Å². The van der Waals surface area contributed by atoms with E-state index in [9.17, 15) is 23.6 Å². The number of aromatic amines is 1. The minimum Gasteiger partial charge on any atom is -0.463 e. The van der Waals surface area contributed by atoms with Gasteiger partial charge >= 0.3 is 17.6 Å². The Morgan fingerprint density at radius 3 is 2.56 bits per heavy atom. The van der Waals surface area contributed by atoms with Gasteiger partial charge in [0, 0.05) is 26.1 Å². The number of ether oxygens (including phenoxy) is 3. The Morgan fingerprint density at radius 1 is 1.36 bits per heavy atom. The molecule has 0 aliphatic carbocycles. The first-order valence-corrected chi connectivity index (χ1v) is 7.32. The Hall–Kier alpha value is -2.75. The van der Waals surface area contributed by atoms with Gasteiger partial charge in [0.2, 0.25) is 0 Å². The second kappa shape index (κ2) is 7.43. The van der Waals surface area contributed by atoms with Gasteiger partial charge in [0.25, 0.3) is 5.56 Å². The van der Waals surface area contributed by atoms with Gasteiger partial charge in [0.15, 0.2) is 12.3 Å². The number of carbonyl (C=O) groups excluding carboxylic acids is 2. The van der Waals surface area contributed by atoms with E-state index in [-0.39, 0.29) is 6.61 Å². The Morgan fingerprint density at radius 2 is 2.04 bits per heavy atom. The highest BCUT2D eigenvalue weighted by Crippen LogP contribution is 2.39. The summed E-state index contributed by atoms with van der Waals surface area (Å²) in [6, 6.07) is 1.06. The zero-order chi connectivity index (χ0) is 18.7. The zero-order valence-electron chi connectivity index (χ0n) is 13.6. The van der Waals surface area contributed by atoms with Crippen molar-refractivity contribution in [2.45, 2.75) is 32.3 Å². The lowest BCUT2D eigenvalue weighted by atomic mass is 9.97. The van der Waals surface area contributed by atoms with Crippen LogP contribution >= 0.6 is 0 Å². The van der Waals surface area contributed by atoms with Crippen LogP contribution in [0.3, 0.4) is 0 Å². The van der Waals surface area contributed by atoms with Crippen molar-refractivity contribution in [3.63, 3.8) is 0 Å². The molecule has 4 atom stereocenters. The van der Waals surface area contributed by atoms with Gasteiger partial charge < -0.3 is 14.2 Å². The van der Waals surface area contributed by atoms with Crippen LogP contribution in [-0.4, -0.2) is 40.3 Å². The lowest BCUT2D eigenvalue weighted by Gasteiger charge is -2.23. The van der Waals surface area contributed by atoms with Crippen LogP contribution in [-0.2, 0) is 23.8 Å². The number of nitrogens with zero attached hydrogens (tertiary/aromatic N) is 1. The Labute approximate surface area is 141 Å². The largest absolute Gasteiger partial charge is 0.463 e. The van der Waals surface area contributed by atoms with Gasteiger partial charge in [0.1, 0.15) is 18.5 Å². The molecule has 0 amide bonds. The summed E-state index contributed by atoms with van der Waals surface area (Å²) in [5, 5.41) is 0. The minimum absolute atomic E-state index is 0.324. The van der Waals surface area contributed by atoms with Crippen molar-refractivity contribution in [1.82, 2.24) is 9.55 Å². The molecule has 10 heteroatoms. The Kier molecular flexibility index (Phi) is 5.52. The van der Waals surface area contributed by atoms with Gasteiger partial charge in [-0.2, -0.15) is 0 Å². The third kappa shape index (κ3) is 4.21. The number of aromatic nitrogens is 2. The maximum absolute atomic E-state index is 14.0. The number of halogens is 1. The number of esters is 2. The molecule has 0 aromatic carbocycles. The molecule has 0 spiro atoms. The van der Waals surface area contributed by atoms with Crippen LogP contribution in [0.1, 0.15) is 20.1 Å². The fraction of sp³-hybridized carbons (Fsp3) is 0.467. The maximum atomic E-state index is 14.0. The van der Waals surface area contributed by atoms with Gasteiger partial charge in [-0.25, -0.2) is 9.18 Å². The van der Waals surface area contributed by atoms with E-state index in [2.05, 4.69) is 6.58 Å². The second-order valence-electron chi connectivity index (χ2n) is 5.43. The highest BCUT2D eigenvalue weighted by atomic mass is 19.1. The van der Waals surface area contributed by atoms with E-state index in [1.165, 1.54) is 6.92 Å². The lowest BCUT2D eigenvalue weighted by molar-refractivity contribution is -0.154. The van der Waals surface area contributed by atoms with Crippen molar-refractivity contribution in [2.24, 2.45) is 5.92 Å². The first-order chi connectivity index (χ1) is 11.7. The monoisotopic (exact) mass is 356 g/mol. The van der Waals surface area contributed by atoms with E-state index in [0.29, 0.717) is 0 Å². The highest BCUT2D eigenvalue weighted by Gasteiger charge is 2.50. The number of nitrogens with one attached hydrogen (secondary N) is 1. The summed E-state index contributed by atoms with van der Waals surface area (Å²) in [7, 11) is 0. The Balaban J connectivity index is 2.43. The summed E-state index contributed by atoms with van der Waals surface area (Å²) in [6.07, 6.45) is -2.37. The van der Waals surface area contributed by atoms with Gasteiger partial charge in [-0.3, -0.25) is 23.9 Å². The van der Waals surface area contributed by atoms with Crippen molar-refractivity contribution in [3.05, 3.63) is 45.5 Å². The molecule has 25 heavy (non-hydrogen) atoms. The third-order valence-electron chi connectivity index (χ3n) is 3.59. The second-order valence-corrected chi connectivity index (χ2v) is 5.43. The normalized spacial score (nSPS) is 25.4. The van der Waals surface area contributed by atoms with Crippen LogP contribution in [0.5, 0.6) is 0 Å². The van der Waals surface area contributed by atoms with Gasteiger partial charge in [-0.15, -0.1) is 0 Å². The van der Waals surface area contributed by atoms with Crippen LogP contribution in [0.25, 0.3) is 0 Å². The molecule has 1 saturated heterocycles. The quantitative estimate of drug-likeness (QED) is 0.740. The molecule has 136 valence electrons. The summed E-state index contributed by atoms with van der Waals surface area (Å²) in [5.41, 5.74) is -1.46. The van der Waals surface area contributed by atoms with E-state index in [1.54, 1.807) is 0 Å². The smallest absolute Gasteiger partial charge is 0.330 e. The topological polar surface area (TPSA) is 117 Å². The van der Waals surface area contributed by atoms with E-state index < -0.39 is 53.4 Å². The predicted octanol–water partition coefficient (Wildman–Crippen LogP) is 0.0282. The summed E-state index contributed by atoms with van der Waals surface area (Å²) in [6.45, 7) is 5.17. The van der Waals surface area contributed by atoms with Crippen molar-refractivity contribution in [2.75, 3.05) is 6.61 Å². The number of carbonyl (C=O) groups is 2. The molecular weight excluding hydrogens is 339 g/mol. The number of hydrogen-bond acceptors (Lipinski definition) is 7. The SMILES string of the molecule is C=C(F)C1C(COC(C)=O)OC(n2ccc(=O)[nH]c2=O)C1OC(C)=O. The van der Waals surface area contributed by atoms with Gasteiger partial charge in [-0.1, -0.05) is 6.58 Å². The molecule has 1 aliphatic rings.